The van der Waals surface area contributed by atoms with Gasteiger partial charge in [-0.2, -0.15) is 0 Å². The molecule has 1 aromatic rings. The molecule has 1 fully saturated rings. The molecule has 0 amide bonds. The fraction of sp³-hybridized carbons (Fsp3) is 0.500. The van der Waals surface area contributed by atoms with Crippen molar-refractivity contribution in [2.45, 2.75) is 20.3 Å². The van der Waals surface area contributed by atoms with Gasteiger partial charge in [0.1, 0.15) is 10.7 Å². The van der Waals surface area contributed by atoms with Gasteiger partial charge in [0.05, 0.1) is 4.92 Å². The van der Waals surface area contributed by atoms with Crippen LogP contribution in [0.15, 0.2) is 18.2 Å². The summed E-state index contributed by atoms with van der Waals surface area (Å²) in [4.78, 5) is 12.7. The molecule has 0 aliphatic carbocycles. The summed E-state index contributed by atoms with van der Waals surface area (Å²) in [6, 6.07) is 5.09. The largest absolute Gasteiger partial charge is 0.365 e. The van der Waals surface area contributed by atoms with E-state index in [1.54, 1.807) is 18.2 Å². The number of hydrogen-bond acceptors (Lipinski definition) is 3. The highest BCUT2D eigenvalue weighted by molar-refractivity contribution is 6.33. The summed E-state index contributed by atoms with van der Waals surface area (Å²) in [7, 11) is 0. The van der Waals surface area contributed by atoms with Gasteiger partial charge < -0.3 is 4.90 Å². The van der Waals surface area contributed by atoms with Gasteiger partial charge in [-0.25, -0.2) is 0 Å². The Kier molecular flexibility index (Phi) is 3.00. The van der Waals surface area contributed by atoms with Crippen molar-refractivity contribution in [3.63, 3.8) is 0 Å². The van der Waals surface area contributed by atoms with Gasteiger partial charge in [-0.05, 0) is 24.0 Å². The number of rotatable bonds is 2. The Hall–Kier alpha value is -1.29. The predicted molar refractivity (Wildman–Crippen MR) is 68.7 cm³/mol. The van der Waals surface area contributed by atoms with Gasteiger partial charge in [0, 0.05) is 13.1 Å². The van der Waals surface area contributed by atoms with Crippen LogP contribution in [0.2, 0.25) is 5.02 Å². The minimum Gasteiger partial charge on any atom is -0.365 e. The van der Waals surface area contributed by atoms with E-state index in [1.165, 1.54) is 0 Å². The molecule has 1 aliphatic heterocycles. The fourth-order valence-electron chi connectivity index (χ4n) is 2.26. The fourth-order valence-corrected chi connectivity index (χ4v) is 2.50. The van der Waals surface area contributed by atoms with Gasteiger partial charge in [-0.3, -0.25) is 10.1 Å². The van der Waals surface area contributed by atoms with Crippen LogP contribution < -0.4 is 4.90 Å². The monoisotopic (exact) mass is 254 g/mol. The average Bonchev–Trinajstić information content (AvgIpc) is 2.57. The van der Waals surface area contributed by atoms with Crippen molar-refractivity contribution in [2.75, 3.05) is 18.0 Å². The molecule has 1 aromatic carbocycles. The molecule has 0 spiro atoms. The number of nitrogens with zero attached hydrogens (tertiary/aromatic N) is 2. The summed E-state index contributed by atoms with van der Waals surface area (Å²) >= 11 is 5.91. The van der Waals surface area contributed by atoms with E-state index in [2.05, 4.69) is 13.8 Å². The predicted octanol–water partition coefficient (Wildman–Crippen LogP) is 3.48. The molecule has 1 heterocycles. The molecule has 17 heavy (non-hydrogen) atoms. The van der Waals surface area contributed by atoms with Crippen molar-refractivity contribution < 1.29 is 4.92 Å². The summed E-state index contributed by atoms with van der Waals surface area (Å²) in [6.45, 7) is 6.01. The summed E-state index contributed by atoms with van der Waals surface area (Å²) in [5.41, 5.74) is 0.857. The number of halogens is 1. The Bertz CT molecular complexity index is 460. The molecule has 0 unspecified atom stereocenters. The van der Waals surface area contributed by atoms with E-state index < -0.39 is 4.92 Å². The smallest absolute Gasteiger partial charge is 0.310 e. The first-order valence-electron chi connectivity index (χ1n) is 5.58. The van der Waals surface area contributed by atoms with Crippen LogP contribution in [-0.4, -0.2) is 18.0 Å². The van der Waals surface area contributed by atoms with Crippen molar-refractivity contribution in [2.24, 2.45) is 5.41 Å². The Morgan fingerprint density at radius 1 is 1.47 bits per heavy atom. The standard InChI is InChI=1S/C12H15ClN2O2/c1-12(2)6-7-14(8-12)10-5-3-4-9(13)11(10)15(16)17/h3-5H,6-8H2,1-2H3. The van der Waals surface area contributed by atoms with Crippen molar-refractivity contribution >= 4 is 23.0 Å². The van der Waals surface area contributed by atoms with Crippen LogP contribution in [0.25, 0.3) is 0 Å². The summed E-state index contributed by atoms with van der Waals surface area (Å²) in [6.07, 6.45) is 1.04. The Balaban J connectivity index is 2.40. The third-order valence-electron chi connectivity index (χ3n) is 3.17. The molecule has 2 rings (SSSR count). The van der Waals surface area contributed by atoms with Crippen molar-refractivity contribution in [1.29, 1.82) is 0 Å². The summed E-state index contributed by atoms with van der Waals surface area (Å²) in [5, 5.41) is 11.3. The zero-order valence-electron chi connectivity index (χ0n) is 9.94. The van der Waals surface area contributed by atoms with Crippen LogP contribution in [-0.2, 0) is 0 Å². The maximum Gasteiger partial charge on any atom is 0.310 e. The van der Waals surface area contributed by atoms with E-state index in [0.29, 0.717) is 5.69 Å². The zero-order valence-corrected chi connectivity index (χ0v) is 10.7. The molecule has 1 saturated heterocycles. The topological polar surface area (TPSA) is 46.4 Å². The molecule has 5 heteroatoms. The van der Waals surface area contributed by atoms with Gasteiger partial charge >= 0.3 is 5.69 Å². The number of para-hydroxylation sites is 1. The molecular formula is C12H15ClN2O2. The van der Waals surface area contributed by atoms with Gasteiger partial charge in [-0.1, -0.05) is 31.5 Å². The number of nitro benzene ring substituents is 1. The van der Waals surface area contributed by atoms with Crippen LogP contribution in [0.3, 0.4) is 0 Å². The number of hydrogen-bond donors (Lipinski definition) is 0. The highest BCUT2D eigenvalue weighted by Crippen LogP contribution is 2.39. The first-order chi connectivity index (χ1) is 7.91. The molecule has 0 bridgehead atoms. The SMILES string of the molecule is CC1(C)CCN(c2cccc(Cl)c2[N+](=O)[O-])C1. The maximum atomic E-state index is 11.1. The Morgan fingerprint density at radius 3 is 2.71 bits per heavy atom. The minimum atomic E-state index is -0.400. The first-order valence-corrected chi connectivity index (χ1v) is 5.96. The van der Waals surface area contributed by atoms with E-state index in [9.17, 15) is 10.1 Å². The number of nitro groups is 1. The van der Waals surface area contributed by atoms with E-state index in [-0.39, 0.29) is 16.1 Å². The maximum absolute atomic E-state index is 11.1. The van der Waals surface area contributed by atoms with Gasteiger partial charge in [0.25, 0.3) is 0 Å². The lowest BCUT2D eigenvalue weighted by molar-refractivity contribution is -0.384. The zero-order chi connectivity index (χ0) is 12.6. The lowest BCUT2D eigenvalue weighted by Gasteiger charge is -2.21. The molecule has 92 valence electrons. The van der Waals surface area contributed by atoms with Crippen LogP contribution in [0.1, 0.15) is 20.3 Å². The van der Waals surface area contributed by atoms with E-state index in [1.807, 2.05) is 4.90 Å². The van der Waals surface area contributed by atoms with E-state index in [0.717, 1.165) is 19.5 Å². The summed E-state index contributed by atoms with van der Waals surface area (Å²) < 4.78 is 0. The van der Waals surface area contributed by atoms with Crippen LogP contribution in [0, 0.1) is 15.5 Å². The Labute approximate surface area is 105 Å². The number of anilines is 1. The third-order valence-corrected chi connectivity index (χ3v) is 3.47. The molecule has 0 atom stereocenters. The molecule has 0 radical (unpaired) electrons. The van der Waals surface area contributed by atoms with Crippen LogP contribution in [0.5, 0.6) is 0 Å². The molecule has 0 aromatic heterocycles. The van der Waals surface area contributed by atoms with E-state index >= 15 is 0 Å². The second-order valence-electron chi connectivity index (χ2n) is 5.20. The normalized spacial score (nSPS) is 18.4. The highest BCUT2D eigenvalue weighted by Gasteiger charge is 2.33. The van der Waals surface area contributed by atoms with Crippen LogP contribution in [0.4, 0.5) is 11.4 Å². The lowest BCUT2D eigenvalue weighted by atomic mass is 9.93. The quantitative estimate of drug-likeness (QED) is 0.600. The average molecular weight is 255 g/mol. The highest BCUT2D eigenvalue weighted by atomic mass is 35.5. The second-order valence-corrected chi connectivity index (χ2v) is 5.61. The van der Waals surface area contributed by atoms with Gasteiger partial charge in [0.15, 0.2) is 0 Å². The van der Waals surface area contributed by atoms with Crippen molar-refractivity contribution in [1.82, 2.24) is 0 Å². The number of benzene rings is 1. The minimum absolute atomic E-state index is 0.0202. The van der Waals surface area contributed by atoms with Crippen LogP contribution >= 0.6 is 11.6 Å². The molecule has 0 saturated carbocycles. The lowest BCUT2D eigenvalue weighted by Crippen LogP contribution is -2.23. The second kappa shape index (κ2) is 4.18. The Morgan fingerprint density at radius 2 is 2.18 bits per heavy atom. The molecular weight excluding hydrogens is 240 g/mol. The molecule has 4 nitrogen and oxygen atoms in total. The van der Waals surface area contributed by atoms with Gasteiger partial charge in [0.2, 0.25) is 0 Å². The van der Waals surface area contributed by atoms with Gasteiger partial charge in [-0.15, -0.1) is 0 Å². The van der Waals surface area contributed by atoms with Crippen molar-refractivity contribution in [3.05, 3.63) is 33.3 Å². The third kappa shape index (κ3) is 2.36. The van der Waals surface area contributed by atoms with Crippen molar-refractivity contribution in [3.8, 4) is 0 Å². The molecule has 0 N–H and O–H groups in total. The first kappa shape index (κ1) is 12.2. The van der Waals surface area contributed by atoms with E-state index in [4.69, 9.17) is 11.6 Å². The summed E-state index contributed by atoms with van der Waals surface area (Å²) in [5.74, 6) is 0. The molecule has 1 aliphatic rings.